The Hall–Kier alpha value is -2.45. The van der Waals surface area contributed by atoms with Crippen LogP contribution in [0.2, 0.25) is 0 Å². The van der Waals surface area contributed by atoms with E-state index in [4.69, 9.17) is 4.74 Å². The zero-order valence-electron chi connectivity index (χ0n) is 14.2. The van der Waals surface area contributed by atoms with E-state index in [2.05, 4.69) is 4.98 Å². The average Bonchev–Trinajstić information content (AvgIpc) is 3.24. The van der Waals surface area contributed by atoms with Crippen molar-refractivity contribution in [3.05, 3.63) is 48.5 Å². The van der Waals surface area contributed by atoms with Crippen LogP contribution >= 0.6 is 11.3 Å². The highest BCUT2D eigenvalue weighted by Gasteiger charge is 2.50. The summed E-state index contributed by atoms with van der Waals surface area (Å²) >= 11 is 1.39. The van der Waals surface area contributed by atoms with Gasteiger partial charge in [-0.15, -0.1) is 0 Å². The van der Waals surface area contributed by atoms with E-state index in [1.807, 2.05) is 48.5 Å². The summed E-state index contributed by atoms with van der Waals surface area (Å²) in [6.45, 7) is 0. The molecule has 0 unspecified atom stereocenters. The first-order chi connectivity index (χ1) is 13.0. The first kappa shape index (κ1) is 16.7. The van der Waals surface area contributed by atoms with Crippen LogP contribution in [0.15, 0.2) is 48.5 Å². The largest absolute Gasteiger partial charge is 0.457 e. The number of amides is 1. The average molecular weight is 400 g/mol. The fraction of sp³-hybridized carbons (Fsp3) is 0.263. The lowest BCUT2D eigenvalue weighted by atomic mass is 10.1. The van der Waals surface area contributed by atoms with Crippen LogP contribution in [0, 0.1) is 5.92 Å². The van der Waals surface area contributed by atoms with Crippen LogP contribution in [0.3, 0.4) is 0 Å². The molecule has 0 N–H and O–H groups in total. The minimum absolute atomic E-state index is 0.0295. The van der Waals surface area contributed by atoms with Gasteiger partial charge in [0.1, 0.15) is 11.5 Å². The van der Waals surface area contributed by atoms with Gasteiger partial charge in [-0.3, -0.25) is 9.69 Å². The molecule has 3 aromatic rings. The van der Waals surface area contributed by atoms with Crippen molar-refractivity contribution in [1.29, 1.82) is 0 Å². The first-order valence-electron chi connectivity index (χ1n) is 8.64. The van der Waals surface area contributed by atoms with Crippen molar-refractivity contribution in [2.24, 2.45) is 5.92 Å². The number of aromatic nitrogens is 1. The van der Waals surface area contributed by atoms with Crippen LogP contribution in [0.25, 0.3) is 10.2 Å². The Morgan fingerprint density at radius 1 is 1.07 bits per heavy atom. The van der Waals surface area contributed by atoms with Gasteiger partial charge in [-0.25, -0.2) is 13.4 Å². The molecule has 0 spiro atoms. The molecule has 138 valence electrons. The Bertz CT molecular complexity index is 1140. The van der Waals surface area contributed by atoms with Gasteiger partial charge in [-0.1, -0.05) is 29.5 Å². The summed E-state index contributed by atoms with van der Waals surface area (Å²) in [4.78, 5) is 18.6. The van der Waals surface area contributed by atoms with E-state index in [-0.39, 0.29) is 35.8 Å². The number of sulfone groups is 1. The molecular weight excluding hydrogens is 384 g/mol. The topological polar surface area (TPSA) is 76.6 Å². The number of thiazole rings is 1. The van der Waals surface area contributed by atoms with E-state index in [0.717, 1.165) is 16.0 Å². The molecule has 1 aromatic heterocycles. The van der Waals surface area contributed by atoms with Crippen LogP contribution < -0.4 is 9.64 Å². The maximum absolute atomic E-state index is 12.5. The van der Waals surface area contributed by atoms with Gasteiger partial charge >= 0.3 is 0 Å². The van der Waals surface area contributed by atoms with Gasteiger partial charge in [0.2, 0.25) is 5.91 Å². The number of para-hydroxylation sites is 1. The smallest absolute Gasteiger partial charge is 0.229 e. The van der Waals surface area contributed by atoms with Crippen molar-refractivity contribution in [3.63, 3.8) is 0 Å². The molecule has 6 nitrogen and oxygen atoms in total. The van der Waals surface area contributed by atoms with Crippen molar-refractivity contribution in [2.45, 2.75) is 12.5 Å². The lowest BCUT2D eigenvalue weighted by Crippen LogP contribution is -2.36. The molecule has 0 bridgehead atoms. The summed E-state index contributed by atoms with van der Waals surface area (Å²) in [5.74, 6) is 1.40. The zero-order chi connectivity index (χ0) is 18.6. The quantitative estimate of drug-likeness (QED) is 0.675. The Labute approximate surface area is 160 Å². The van der Waals surface area contributed by atoms with Gasteiger partial charge in [0.05, 0.1) is 27.8 Å². The summed E-state index contributed by atoms with van der Waals surface area (Å²) in [6.07, 6.45) is 0.280. The van der Waals surface area contributed by atoms with Gasteiger partial charge in [0.25, 0.3) is 0 Å². The molecule has 0 radical (unpaired) electrons. The first-order valence-corrected chi connectivity index (χ1v) is 11.3. The molecule has 3 heterocycles. The third kappa shape index (κ3) is 2.98. The summed E-state index contributed by atoms with van der Waals surface area (Å²) in [7, 11) is -3.08. The molecule has 2 aliphatic heterocycles. The lowest BCUT2D eigenvalue weighted by molar-refractivity contribution is -0.117. The normalized spacial score (nSPS) is 23.7. The fourth-order valence-electron chi connectivity index (χ4n) is 3.82. The fourth-order valence-corrected chi connectivity index (χ4v) is 6.96. The maximum atomic E-state index is 12.5. The second-order valence-corrected chi connectivity index (χ2v) is 10.1. The standard InChI is InChI=1S/C19H16N2O4S2/c22-18-8-12-10-27(23,24)11-16(12)21(18)19-20-15-7-6-14(9-17(15)26-19)25-13-4-2-1-3-5-13/h1-7,9,12,16H,8,10-11H2/t12-,16-/m1/s1. The summed E-state index contributed by atoms with van der Waals surface area (Å²) in [5.41, 5.74) is 0.771. The Kier molecular flexibility index (Phi) is 3.73. The van der Waals surface area contributed by atoms with Crippen LogP contribution in [0.4, 0.5) is 5.13 Å². The molecule has 2 saturated heterocycles. The number of rotatable bonds is 3. The van der Waals surface area contributed by atoms with Gasteiger partial charge in [-0.05, 0) is 24.3 Å². The number of carbonyl (C=O) groups is 1. The molecule has 2 aliphatic rings. The van der Waals surface area contributed by atoms with Gasteiger partial charge in [0, 0.05) is 18.4 Å². The van der Waals surface area contributed by atoms with Crippen molar-refractivity contribution in [3.8, 4) is 11.5 Å². The van der Waals surface area contributed by atoms with Crippen molar-refractivity contribution >= 4 is 42.4 Å². The minimum atomic E-state index is -3.08. The number of hydrogen-bond acceptors (Lipinski definition) is 6. The van der Waals surface area contributed by atoms with Gasteiger partial charge < -0.3 is 4.74 Å². The molecular formula is C19H16N2O4S2. The SMILES string of the molecule is O=C1C[C@@H]2CS(=O)(=O)C[C@H]2N1c1nc2ccc(Oc3ccccc3)cc2s1. The zero-order valence-corrected chi connectivity index (χ0v) is 15.9. The second-order valence-electron chi connectivity index (χ2n) is 6.91. The van der Waals surface area contributed by atoms with E-state index in [1.54, 1.807) is 4.90 Å². The van der Waals surface area contributed by atoms with Crippen molar-refractivity contribution in [2.75, 3.05) is 16.4 Å². The van der Waals surface area contributed by atoms with E-state index in [0.29, 0.717) is 10.9 Å². The van der Waals surface area contributed by atoms with E-state index < -0.39 is 9.84 Å². The van der Waals surface area contributed by atoms with Crippen LogP contribution in [0.1, 0.15) is 6.42 Å². The number of ether oxygens (including phenoxy) is 1. The Morgan fingerprint density at radius 2 is 1.89 bits per heavy atom. The third-order valence-corrected chi connectivity index (χ3v) is 7.81. The van der Waals surface area contributed by atoms with Crippen molar-refractivity contribution in [1.82, 2.24) is 4.98 Å². The monoisotopic (exact) mass is 400 g/mol. The predicted octanol–water partition coefficient (Wildman–Crippen LogP) is 3.24. The molecule has 2 aromatic carbocycles. The van der Waals surface area contributed by atoms with Gasteiger partial charge in [0.15, 0.2) is 15.0 Å². The predicted molar refractivity (Wildman–Crippen MR) is 104 cm³/mol. The molecule has 2 atom stereocenters. The number of nitrogens with zero attached hydrogens (tertiary/aromatic N) is 2. The highest BCUT2D eigenvalue weighted by atomic mass is 32.2. The number of fused-ring (bicyclic) bond motifs is 2. The number of anilines is 1. The maximum Gasteiger partial charge on any atom is 0.229 e. The van der Waals surface area contributed by atoms with Crippen LogP contribution in [-0.4, -0.2) is 36.9 Å². The number of carbonyl (C=O) groups excluding carboxylic acids is 1. The van der Waals surface area contributed by atoms with Gasteiger partial charge in [-0.2, -0.15) is 0 Å². The van der Waals surface area contributed by atoms with E-state index in [9.17, 15) is 13.2 Å². The molecule has 1 amide bonds. The Balaban J connectivity index is 1.47. The third-order valence-electron chi connectivity index (χ3n) is 5.01. The van der Waals surface area contributed by atoms with Crippen LogP contribution in [-0.2, 0) is 14.6 Å². The summed E-state index contributed by atoms with van der Waals surface area (Å²) < 4.78 is 30.6. The minimum Gasteiger partial charge on any atom is -0.457 e. The number of hydrogen-bond donors (Lipinski definition) is 0. The van der Waals surface area contributed by atoms with E-state index >= 15 is 0 Å². The second kappa shape index (κ2) is 6.03. The van der Waals surface area contributed by atoms with Crippen LogP contribution in [0.5, 0.6) is 11.5 Å². The molecule has 0 aliphatic carbocycles. The summed E-state index contributed by atoms with van der Waals surface area (Å²) in [5, 5.41) is 0.566. The Morgan fingerprint density at radius 3 is 2.70 bits per heavy atom. The highest BCUT2D eigenvalue weighted by Crippen LogP contribution is 2.40. The lowest BCUT2D eigenvalue weighted by Gasteiger charge is -2.19. The molecule has 5 rings (SSSR count). The summed E-state index contributed by atoms with van der Waals surface area (Å²) in [6, 6.07) is 14.8. The molecule has 8 heteroatoms. The van der Waals surface area contributed by atoms with E-state index in [1.165, 1.54) is 11.3 Å². The van der Waals surface area contributed by atoms with Crippen molar-refractivity contribution < 1.29 is 17.9 Å². The molecule has 0 saturated carbocycles. The molecule has 2 fully saturated rings. The number of benzene rings is 2. The highest BCUT2D eigenvalue weighted by molar-refractivity contribution is 7.91. The molecule has 27 heavy (non-hydrogen) atoms.